The molecule has 0 saturated carbocycles. The predicted molar refractivity (Wildman–Crippen MR) is 71.6 cm³/mol. The molecule has 1 amide bonds. The van der Waals surface area contributed by atoms with Crippen molar-refractivity contribution in [3.63, 3.8) is 0 Å². The van der Waals surface area contributed by atoms with Gasteiger partial charge in [-0.05, 0) is 48.6 Å². The first-order valence-corrected chi connectivity index (χ1v) is 6.67. The summed E-state index contributed by atoms with van der Waals surface area (Å²) in [6.07, 6.45) is 6.06. The monoisotopic (exact) mass is 261 g/mol. The molecule has 94 valence electrons. The molecule has 2 aromatic heterocycles. The van der Waals surface area contributed by atoms with E-state index in [1.165, 1.54) is 17.1 Å². The van der Waals surface area contributed by atoms with Crippen molar-refractivity contribution in [1.29, 1.82) is 0 Å². The minimum absolute atomic E-state index is 0.0639. The molecule has 0 radical (unpaired) electrons. The molecule has 0 bridgehead atoms. The SMILES string of the molecule is CCN(CCc1ccncc1)C(=O)c1ccns1. The van der Waals surface area contributed by atoms with E-state index in [0.29, 0.717) is 11.4 Å². The van der Waals surface area contributed by atoms with E-state index in [-0.39, 0.29) is 5.91 Å². The van der Waals surface area contributed by atoms with Gasteiger partial charge in [-0.15, -0.1) is 0 Å². The van der Waals surface area contributed by atoms with Gasteiger partial charge in [0.1, 0.15) is 4.88 Å². The van der Waals surface area contributed by atoms with Crippen LogP contribution in [0.5, 0.6) is 0 Å². The first-order chi connectivity index (χ1) is 8.81. The highest BCUT2D eigenvalue weighted by molar-refractivity contribution is 7.08. The minimum Gasteiger partial charge on any atom is -0.338 e. The highest BCUT2D eigenvalue weighted by atomic mass is 32.1. The van der Waals surface area contributed by atoms with Crippen LogP contribution >= 0.6 is 11.5 Å². The summed E-state index contributed by atoms with van der Waals surface area (Å²) in [4.78, 5) is 18.7. The van der Waals surface area contributed by atoms with Gasteiger partial charge in [-0.1, -0.05) is 0 Å². The summed E-state index contributed by atoms with van der Waals surface area (Å²) in [6, 6.07) is 5.72. The Hall–Kier alpha value is -1.75. The Morgan fingerprint density at radius 2 is 2.06 bits per heavy atom. The van der Waals surface area contributed by atoms with Crippen LogP contribution in [0.15, 0.2) is 36.8 Å². The molecule has 18 heavy (non-hydrogen) atoms. The van der Waals surface area contributed by atoms with Gasteiger partial charge in [-0.25, -0.2) is 4.37 Å². The zero-order valence-corrected chi connectivity index (χ0v) is 11.1. The number of rotatable bonds is 5. The van der Waals surface area contributed by atoms with Crippen molar-refractivity contribution in [2.24, 2.45) is 0 Å². The van der Waals surface area contributed by atoms with Gasteiger partial charge in [0.25, 0.3) is 5.91 Å². The van der Waals surface area contributed by atoms with Gasteiger partial charge in [0.2, 0.25) is 0 Å². The fourth-order valence-electron chi connectivity index (χ4n) is 1.70. The second-order valence-corrected chi connectivity index (χ2v) is 4.70. The number of nitrogens with zero attached hydrogens (tertiary/aromatic N) is 3. The van der Waals surface area contributed by atoms with Crippen molar-refractivity contribution in [3.8, 4) is 0 Å². The second kappa shape index (κ2) is 6.26. The van der Waals surface area contributed by atoms with Crippen LogP contribution in [-0.2, 0) is 6.42 Å². The third-order valence-corrected chi connectivity index (χ3v) is 3.47. The Morgan fingerprint density at radius 3 is 2.67 bits per heavy atom. The molecule has 0 aliphatic rings. The zero-order chi connectivity index (χ0) is 12.8. The van der Waals surface area contributed by atoms with Crippen LogP contribution in [0.25, 0.3) is 0 Å². The lowest BCUT2D eigenvalue weighted by Gasteiger charge is -2.19. The van der Waals surface area contributed by atoms with Gasteiger partial charge in [-0.2, -0.15) is 0 Å². The molecule has 0 aliphatic heterocycles. The molecule has 0 aromatic carbocycles. The minimum atomic E-state index is 0.0639. The van der Waals surface area contributed by atoms with Crippen molar-refractivity contribution < 1.29 is 4.79 Å². The average molecular weight is 261 g/mol. The van der Waals surface area contributed by atoms with Gasteiger partial charge in [0, 0.05) is 31.7 Å². The number of aromatic nitrogens is 2. The summed E-state index contributed by atoms with van der Waals surface area (Å²) in [5.41, 5.74) is 1.19. The van der Waals surface area contributed by atoms with E-state index >= 15 is 0 Å². The van der Waals surface area contributed by atoms with E-state index in [9.17, 15) is 4.79 Å². The van der Waals surface area contributed by atoms with Gasteiger partial charge in [-0.3, -0.25) is 9.78 Å². The van der Waals surface area contributed by atoms with E-state index in [1.807, 2.05) is 24.0 Å². The van der Waals surface area contributed by atoms with Crippen LogP contribution in [-0.4, -0.2) is 33.3 Å². The Morgan fingerprint density at radius 1 is 1.28 bits per heavy atom. The van der Waals surface area contributed by atoms with E-state index in [2.05, 4.69) is 9.36 Å². The normalized spacial score (nSPS) is 10.3. The molecule has 4 nitrogen and oxygen atoms in total. The first-order valence-electron chi connectivity index (χ1n) is 5.90. The molecule has 2 rings (SSSR count). The summed E-state index contributed by atoms with van der Waals surface area (Å²) in [5, 5.41) is 0. The van der Waals surface area contributed by atoms with E-state index in [0.717, 1.165) is 13.0 Å². The summed E-state index contributed by atoms with van der Waals surface area (Å²) < 4.78 is 3.96. The van der Waals surface area contributed by atoms with Crippen LogP contribution in [0, 0.1) is 0 Å². The molecule has 2 aromatic rings. The van der Waals surface area contributed by atoms with E-state index < -0.39 is 0 Å². The predicted octanol–water partition coefficient (Wildman–Crippen LogP) is 2.24. The molecule has 0 atom stereocenters. The van der Waals surface area contributed by atoms with Crippen molar-refractivity contribution in [3.05, 3.63) is 47.2 Å². The number of hydrogen-bond donors (Lipinski definition) is 0. The summed E-state index contributed by atoms with van der Waals surface area (Å²) >= 11 is 1.25. The van der Waals surface area contributed by atoms with Crippen LogP contribution in [0.1, 0.15) is 22.2 Å². The van der Waals surface area contributed by atoms with Crippen LogP contribution in [0.3, 0.4) is 0 Å². The van der Waals surface area contributed by atoms with Gasteiger partial charge >= 0.3 is 0 Å². The summed E-state index contributed by atoms with van der Waals surface area (Å²) in [5.74, 6) is 0.0639. The fraction of sp³-hybridized carbons (Fsp3) is 0.308. The van der Waals surface area contributed by atoms with Crippen molar-refractivity contribution in [2.45, 2.75) is 13.3 Å². The quantitative estimate of drug-likeness (QED) is 0.829. The standard InChI is InChI=1S/C13H15N3OS/c1-2-16(13(17)12-5-9-15-18-12)10-6-11-3-7-14-8-4-11/h3-5,7-9H,2,6,10H2,1H3. The Labute approximate surface area is 110 Å². The summed E-state index contributed by atoms with van der Waals surface area (Å²) in [6.45, 7) is 3.42. The van der Waals surface area contributed by atoms with E-state index in [4.69, 9.17) is 0 Å². The number of amides is 1. The molecule has 5 heteroatoms. The molecule has 2 heterocycles. The Balaban J connectivity index is 1.96. The van der Waals surface area contributed by atoms with Gasteiger partial charge < -0.3 is 4.90 Å². The molecule has 0 spiro atoms. The van der Waals surface area contributed by atoms with Crippen molar-refractivity contribution >= 4 is 17.4 Å². The lowest BCUT2D eigenvalue weighted by molar-refractivity contribution is 0.0771. The largest absolute Gasteiger partial charge is 0.338 e. The lowest BCUT2D eigenvalue weighted by atomic mass is 10.2. The smallest absolute Gasteiger partial charge is 0.265 e. The highest BCUT2D eigenvalue weighted by Crippen LogP contribution is 2.10. The lowest BCUT2D eigenvalue weighted by Crippen LogP contribution is -2.32. The molecule has 0 unspecified atom stereocenters. The average Bonchev–Trinajstić information content (AvgIpc) is 2.94. The second-order valence-electron chi connectivity index (χ2n) is 3.87. The molecular weight excluding hydrogens is 246 g/mol. The number of hydrogen-bond acceptors (Lipinski definition) is 4. The number of pyridine rings is 1. The Kier molecular flexibility index (Phi) is 4.41. The topological polar surface area (TPSA) is 46.1 Å². The number of likely N-dealkylation sites (N-methyl/N-ethyl adjacent to an activating group) is 1. The third kappa shape index (κ3) is 3.13. The van der Waals surface area contributed by atoms with Gasteiger partial charge in [0.15, 0.2) is 0 Å². The van der Waals surface area contributed by atoms with Gasteiger partial charge in [0.05, 0.1) is 0 Å². The number of carbonyl (C=O) groups excluding carboxylic acids is 1. The van der Waals surface area contributed by atoms with Crippen LogP contribution in [0.2, 0.25) is 0 Å². The maximum absolute atomic E-state index is 12.1. The maximum atomic E-state index is 12.1. The molecular formula is C13H15N3OS. The van der Waals surface area contributed by atoms with Crippen molar-refractivity contribution in [1.82, 2.24) is 14.3 Å². The van der Waals surface area contributed by atoms with Crippen LogP contribution in [0.4, 0.5) is 0 Å². The molecule has 0 saturated heterocycles. The summed E-state index contributed by atoms with van der Waals surface area (Å²) in [7, 11) is 0. The zero-order valence-electron chi connectivity index (χ0n) is 10.2. The number of carbonyl (C=O) groups is 1. The molecule has 0 fully saturated rings. The highest BCUT2D eigenvalue weighted by Gasteiger charge is 2.15. The third-order valence-electron chi connectivity index (χ3n) is 2.74. The van der Waals surface area contributed by atoms with E-state index in [1.54, 1.807) is 24.7 Å². The first kappa shape index (κ1) is 12.7. The Bertz CT molecular complexity index is 484. The van der Waals surface area contributed by atoms with Crippen LogP contribution < -0.4 is 0 Å². The molecule has 0 aliphatic carbocycles. The molecule has 0 N–H and O–H groups in total. The fourth-order valence-corrected chi connectivity index (χ4v) is 2.26. The maximum Gasteiger partial charge on any atom is 0.265 e. The van der Waals surface area contributed by atoms with Crippen molar-refractivity contribution in [2.75, 3.05) is 13.1 Å².